The smallest absolute Gasteiger partial charge is 0.251 e. The van der Waals surface area contributed by atoms with Crippen LogP contribution in [-0.2, 0) is 10.5 Å². The summed E-state index contributed by atoms with van der Waals surface area (Å²) in [4.78, 5) is 23.8. The van der Waals surface area contributed by atoms with Crippen molar-refractivity contribution in [3.8, 4) is 0 Å². The normalized spacial score (nSPS) is 10.6. The van der Waals surface area contributed by atoms with Crippen LogP contribution in [0.4, 0.5) is 5.69 Å². The van der Waals surface area contributed by atoms with Crippen LogP contribution < -0.4 is 10.6 Å². The monoisotopic (exact) mass is 376 g/mol. The topological polar surface area (TPSA) is 58.2 Å². The van der Waals surface area contributed by atoms with Crippen molar-refractivity contribution in [3.63, 3.8) is 0 Å². The summed E-state index contributed by atoms with van der Waals surface area (Å²) in [7, 11) is 0. The molecule has 2 aromatic carbocycles. The van der Waals surface area contributed by atoms with Crippen LogP contribution in [0.5, 0.6) is 0 Å². The largest absolute Gasteiger partial charge is 0.350 e. The van der Waals surface area contributed by atoms with Gasteiger partial charge in [0.1, 0.15) is 0 Å². The van der Waals surface area contributed by atoms with E-state index in [1.807, 2.05) is 26.0 Å². The highest BCUT2D eigenvalue weighted by molar-refractivity contribution is 7.99. The lowest BCUT2D eigenvalue weighted by atomic mass is 10.1. The molecular weight excluding hydrogens is 356 g/mol. The third-order valence-corrected chi connectivity index (χ3v) is 4.52. The van der Waals surface area contributed by atoms with Crippen molar-refractivity contribution in [2.75, 3.05) is 11.1 Å². The number of carbonyl (C=O) groups excluding carboxylic acids is 2. The summed E-state index contributed by atoms with van der Waals surface area (Å²) in [6.45, 7) is 3.86. The molecule has 0 fully saturated rings. The van der Waals surface area contributed by atoms with Crippen molar-refractivity contribution >= 4 is 40.9 Å². The van der Waals surface area contributed by atoms with Crippen LogP contribution in [0.25, 0.3) is 0 Å². The van der Waals surface area contributed by atoms with Gasteiger partial charge in [-0.25, -0.2) is 0 Å². The summed E-state index contributed by atoms with van der Waals surface area (Å²) < 4.78 is 0. The minimum atomic E-state index is -0.0726. The van der Waals surface area contributed by atoms with Gasteiger partial charge in [-0.3, -0.25) is 9.59 Å². The van der Waals surface area contributed by atoms with Crippen molar-refractivity contribution in [2.45, 2.75) is 25.6 Å². The molecule has 2 rings (SSSR count). The van der Waals surface area contributed by atoms with E-state index < -0.39 is 0 Å². The number of thioether (sulfide) groups is 1. The molecule has 0 unspecified atom stereocenters. The summed E-state index contributed by atoms with van der Waals surface area (Å²) in [5, 5.41) is 6.32. The molecule has 0 aliphatic heterocycles. The van der Waals surface area contributed by atoms with Crippen LogP contribution in [0.1, 0.15) is 29.8 Å². The molecule has 0 spiro atoms. The average Bonchev–Trinajstić information content (AvgIpc) is 2.57. The number of benzene rings is 2. The minimum absolute atomic E-state index is 0.0553. The molecule has 25 heavy (non-hydrogen) atoms. The number of hydrogen-bond donors (Lipinski definition) is 2. The van der Waals surface area contributed by atoms with E-state index in [-0.39, 0.29) is 17.9 Å². The average molecular weight is 377 g/mol. The molecule has 2 amide bonds. The van der Waals surface area contributed by atoms with Gasteiger partial charge in [-0.2, -0.15) is 0 Å². The number of nitrogens with one attached hydrogen (secondary N) is 2. The number of halogens is 1. The Morgan fingerprint density at radius 1 is 1.04 bits per heavy atom. The summed E-state index contributed by atoms with van der Waals surface area (Å²) >= 11 is 7.34. The zero-order chi connectivity index (χ0) is 18.2. The first-order valence-electron chi connectivity index (χ1n) is 7.97. The molecule has 0 saturated heterocycles. The van der Waals surface area contributed by atoms with Gasteiger partial charge in [-0.05, 0) is 55.8 Å². The lowest BCUT2D eigenvalue weighted by Gasteiger charge is -2.09. The summed E-state index contributed by atoms with van der Waals surface area (Å²) in [5.41, 5.74) is 2.45. The van der Waals surface area contributed by atoms with Crippen LogP contribution in [-0.4, -0.2) is 23.6 Å². The predicted molar refractivity (Wildman–Crippen MR) is 105 cm³/mol. The maximum atomic E-state index is 11.9. The summed E-state index contributed by atoms with van der Waals surface area (Å²) in [5.74, 6) is 0.940. The number of hydrogen-bond acceptors (Lipinski definition) is 3. The van der Waals surface area contributed by atoms with E-state index in [1.165, 1.54) is 11.8 Å². The third-order valence-electron chi connectivity index (χ3n) is 3.27. The van der Waals surface area contributed by atoms with Gasteiger partial charge in [-0.15, -0.1) is 11.8 Å². The number of carbonyl (C=O) groups is 2. The van der Waals surface area contributed by atoms with Gasteiger partial charge < -0.3 is 10.6 Å². The van der Waals surface area contributed by atoms with Crippen molar-refractivity contribution in [1.82, 2.24) is 5.32 Å². The van der Waals surface area contributed by atoms with Crippen LogP contribution in [0, 0.1) is 0 Å². The molecule has 132 valence electrons. The molecule has 4 nitrogen and oxygen atoms in total. The summed E-state index contributed by atoms with van der Waals surface area (Å²) in [6.07, 6.45) is 0. The molecule has 0 bridgehead atoms. The molecule has 0 heterocycles. The molecule has 0 aromatic heterocycles. The molecule has 2 aromatic rings. The maximum absolute atomic E-state index is 11.9. The zero-order valence-corrected chi connectivity index (χ0v) is 15.8. The van der Waals surface area contributed by atoms with Gasteiger partial charge >= 0.3 is 0 Å². The highest BCUT2D eigenvalue weighted by Gasteiger charge is 2.07. The van der Waals surface area contributed by atoms with E-state index in [9.17, 15) is 9.59 Å². The SMILES string of the molecule is CC(C)NC(=O)c1ccc(CSCC(=O)Nc2ccc(Cl)cc2)cc1. The van der Waals surface area contributed by atoms with E-state index in [2.05, 4.69) is 10.6 Å². The van der Waals surface area contributed by atoms with Crippen LogP contribution in [0.3, 0.4) is 0 Å². The van der Waals surface area contributed by atoms with Crippen molar-refractivity contribution < 1.29 is 9.59 Å². The quantitative estimate of drug-likeness (QED) is 0.755. The van der Waals surface area contributed by atoms with Gasteiger partial charge in [0.15, 0.2) is 0 Å². The molecule has 0 radical (unpaired) electrons. The first-order chi connectivity index (χ1) is 11.9. The molecule has 6 heteroatoms. The first kappa shape index (κ1) is 19.3. The fourth-order valence-corrected chi connectivity index (χ4v) is 3.00. The van der Waals surface area contributed by atoms with Gasteiger partial charge in [-0.1, -0.05) is 23.7 Å². The van der Waals surface area contributed by atoms with Gasteiger partial charge in [0.25, 0.3) is 5.91 Å². The fourth-order valence-electron chi connectivity index (χ4n) is 2.09. The molecule has 0 aliphatic rings. The number of rotatable bonds is 7. The Labute approximate surface area is 157 Å². The van der Waals surface area contributed by atoms with E-state index in [0.29, 0.717) is 22.1 Å². The molecule has 2 N–H and O–H groups in total. The Morgan fingerprint density at radius 2 is 1.68 bits per heavy atom. The first-order valence-corrected chi connectivity index (χ1v) is 9.50. The Balaban J connectivity index is 1.76. The standard InChI is InChI=1S/C19H21ClN2O2S/c1-13(2)21-19(24)15-5-3-14(4-6-15)11-25-12-18(23)22-17-9-7-16(20)8-10-17/h3-10,13H,11-12H2,1-2H3,(H,21,24)(H,22,23). The highest BCUT2D eigenvalue weighted by Crippen LogP contribution is 2.16. The Hall–Kier alpha value is -1.98. The highest BCUT2D eigenvalue weighted by atomic mass is 35.5. The second-order valence-electron chi connectivity index (χ2n) is 5.87. The molecule has 0 aliphatic carbocycles. The van der Waals surface area contributed by atoms with Crippen LogP contribution in [0.15, 0.2) is 48.5 Å². The second-order valence-corrected chi connectivity index (χ2v) is 7.29. The number of amides is 2. The van der Waals surface area contributed by atoms with Crippen molar-refractivity contribution in [3.05, 3.63) is 64.7 Å². The maximum Gasteiger partial charge on any atom is 0.251 e. The summed E-state index contributed by atoms with van der Waals surface area (Å²) in [6, 6.07) is 14.6. The van der Waals surface area contributed by atoms with Gasteiger partial charge in [0.2, 0.25) is 5.91 Å². The molecule has 0 atom stereocenters. The van der Waals surface area contributed by atoms with E-state index in [0.717, 1.165) is 11.3 Å². The lowest BCUT2D eigenvalue weighted by Crippen LogP contribution is -2.29. The minimum Gasteiger partial charge on any atom is -0.350 e. The lowest BCUT2D eigenvalue weighted by molar-refractivity contribution is -0.113. The Kier molecular flexibility index (Phi) is 7.34. The van der Waals surface area contributed by atoms with Crippen LogP contribution >= 0.6 is 23.4 Å². The van der Waals surface area contributed by atoms with Crippen molar-refractivity contribution in [1.29, 1.82) is 0 Å². The fraction of sp³-hybridized carbons (Fsp3) is 0.263. The predicted octanol–water partition coefficient (Wildman–Crippen LogP) is 4.35. The zero-order valence-electron chi connectivity index (χ0n) is 14.2. The Morgan fingerprint density at radius 3 is 2.28 bits per heavy atom. The third kappa shape index (κ3) is 6.80. The van der Waals surface area contributed by atoms with E-state index in [4.69, 9.17) is 11.6 Å². The number of anilines is 1. The van der Waals surface area contributed by atoms with E-state index >= 15 is 0 Å². The van der Waals surface area contributed by atoms with Gasteiger partial charge in [0, 0.05) is 28.1 Å². The second kappa shape index (κ2) is 9.49. The van der Waals surface area contributed by atoms with E-state index in [1.54, 1.807) is 36.4 Å². The Bertz CT molecular complexity index is 715. The van der Waals surface area contributed by atoms with Gasteiger partial charge in [0.05, 0.1) is 5.75 Å². The molecular formula is C19H21ClN2O2S. The van der Waals surface area contributed by atoms with Crippen LogP contribution in [0.2, 0.25) is 5.02 Å². The molecule has 0 saturated carbocycles. The van der Waals surface area contributed by atoms with Crippen molar-refractivity contribution in [2.24, 2.45) is 0 Å².